The highest BCUT2D eigenvalue weighted by molar-refractivity contribution is 5.79. The number of hydrogen-bond acceptors (Lipinski definition) is 4. The van der Waals surface area contributed by atoms with Crippen molar-refractivity contribution in [1.29, 1.82) is 0 Å². The van der Waals surface area contributed by atoms with Gasteiger partial charge in [-0.3, -0.25) is 4.79 Å². The van der Waals surface area contributed by atoms with E-state index in [9.17, 15) is 4.79 Å². The molecule has 2 N–H and O–H groups in total. The molecule has 2 atom stereocenters. The second-order valence-corrected chi connectivity index (χ2v) is 4.39. The highest BCUT2D eigenvalue weighted by Crippen LogP contribution is 2.14. The molecule has 0 aliphatic carbocycles. The molecule has 0 saturated carbocycles. The van der Waals surface area contributed by atoms with Crippen LogP contribution in [0.3, 0.4) is 0 Å². The van der Waals surface area contributed by atoms with Crippen LogP contribution in [-0.2, 0) is 14.3 Å². The zero-order valence-electron chi connectivity index (χ0n) is 10.8. The van der Waals surface area contributed by atoms with Crippen molar-refractivity contribution in [2.75, 3.05) is 40.0 Å². The maximum absolute atomic E-state index is 11.8. The average molecular weight is 244 g/mol. The second-order valence-electron chi connectivity index (χ2n) is 4.39. The summed E-state index contributed by atoms with van der Waals surface area (Å²) < 4.78 is 10.2. The van der Waals surface area contributed by atoms with Crippen molar-refractivity contribution < 1.29 is 14.3 Å². The van der Waals surface area contributed by atoms with E-state index in [0.29, 0.717) is 32.4 Å². The van der Waals surface area contributed by atoms with Gasteiger partial charge in [-0.15, -0.1) is 0 Å². The summed E-state index contributed by atoms with van der Waals surface area (Å²) in [5.41, 5.74) is 0. The lowest BCUT2D eigenvalue weighted by atomic mass is 10.0. The molecule has 1 aliphatic rings. The lowest BCUT2D eigenvalue weighted by molar-refractivity contribution is -0.125. The summed E-state index contributed by atoms with van der Waals surface area (Å²) >= 11 is 0. The van der Waals surface area contributed by atoms with Gasteiger partial charge in [0.15, 0.2) is 0 Å². The third-order valence-corrected chi connectivity index (χ3v) is 3.06. The van der Waals surface area contributed by atoms with Crippen molar-refractivity contribution in [3.63, 3.8) is 0 Å². The first kappa shape index (κ1) is 14.4. The molecular weight excluding hydrogens is 220 g/mol. The molecule has 100 valence electrons. The van der Waals surface area contributed by atoms with E-state index in [1.165, 1.54) is 0 Å². The van der Waals surface area contributed by atoms with Crippen LogP contribution in [0.2, 0.25) is 0 Å². The minimum atomic E-state index is 0.129. The van der Waals surface area contributed by atoms with E-state index >= 15 is 0 Å². The monoisotopic (exact) mass is 244 g/mol. The molecule has 5 nitrogen and oxygen atoms in total. The predicted molar refractivity (Wildman–Crippen MR) is 65.9 cm³/mol. The van der Waals surface area contributed by atoms with Crippen LogP contribution in [0.4, 0.5) is 0 Å². The van der Waals surface area contributed by atoms with Gasteiger partial charge in [-0.1, -0.05) is 0 Å². The van der Waals surface area contributed by atoms with Gasteiger partial charge in [-0.05, 0) is 26.3 Å². The number of amides is 1. The normalized spacial score (nSPS) is 23.9. The number of hydrogen-bond donors (Lipinski definition) is 2. The molecule has 5 heteroatoms. The molecule has 1 heterocycles. The smallest absolute Gasteiger partial charge is 0.224 e. The van der Waals surface area contributed by atoms with E-state index < -0.39 is 0 Å². The topological polar surface area (TPSA) is 59.6 Å². The molecule has 0 radical (unpaired) electrons. The van der Waals surface area contributed by atoms with E-state index in [1.807, 2.05) is 0 Å². The molecule has 1 saturated heterocycles. The SMILES string of the molecule is COCCOCCCNC(=O)C1CCNC1C. The van der Waals surface area contributed by atoms with Crippen LogP contribution in [0.25, 0.3) is 0 Å². The Labute approximate surface area is 103 Å². The maximum atomic E-state index is 11.8. The Morgan fingerprint density at radius 1 is 1.41 bits per heavy atom. The predicted octanol–water partition coefficient (Wildman–Crippen LogP) is 0.154. The van der Waals surface area contributed by atoms with E-state index in [0.717, 1.165) is 19.4 Å². The van der Waals surface area contributed by atoms with E-state index in [2.05, 4.69) is 17.6 Å². The summed E-state index contributed by atoms with van der Waals surface area (Å²) in [6, 6.07) is 0.299. The third-order valence-electron chi connectivity index (χ3n) is 3.06. The summed E-state index contributed by atoms with van der Waals surface area (Å²) in [6.07, 6.45) is 1.79. The summed E-state index contributed by atoms with van der Waals surface area (Å²) in [4.78, 5) is 11.8. The Hall–Kier alpha value is -0.650. The second kappa shape index (κ2) is 8.44. The standard InChI is InChI=1S/C12H24N2O3/c1-10-11(4-6-13-10)12(15)14-5-3-7-17-9-8-16-2/h10-11,13H,3-9H2,1-2H3,(H,14,15). The first-order valence-electron chi connectivity index (χ1n) is 6.33. The molecular formula is C12H24N2O3. The quantitative estimate of drug-likeness (QED) is 0.597. The van der Waals surface area contributed by atoms with Crippen LogP contribution in [0.5, 0.6) is 0 Å². The molecule has 17 heavy (non-hydrogen) atoms. The Morgan fingerprint density at radius 3 is 2.88 bits per heavy atom. The van der Waals surface area contributed by atoms with Crippen LogP contribution in [-0.4, -0.2) is 52.0 Å². The van der Waals surface area contributed by atoms with Gasteiger partial charge >= 0.3 is 0 Å². The highest BCUT2D eigenvalue weighted by atomic mass is 16.5. The highest BCUT2D eigenvalue weighted by Gasteiger charge is 2.28. The lowest BCUT2D eigenvalue weighted by Crippen LogP contribution is -2.37. The van der Waals surface area contributed by atoms with Gasteiger partial charge in [0.1, 0.15) is 0 Å². The van der Waals surface area contributed by atoms with Gasteiger partial charge in [0, 0.05) is 26.3 Å². The van der Waals surface area contributed by atoms with Crippen LogP contribution < -0.4 is 10.6 Å². The first-order valence-corrected chi connectivity index (χ1v) is 6.33. The van der Waals surface area contributed by atoms with Crippen LogP contribution in [0, 0.1) is 5.92 Å². The van der Waals surface area contributed by atoms with Crippen molar-refractivity contribution in [1.82, 2.24) is 10.6 Å². The fraction of sp³-hybridized carbons (Fsp3) is 0.917. The molecule has 1 aliphatic heterocycles. The van der Waals surface area contributed by atoms with Gasteiger partial charge in [-0.25, -0.2) is 0 Å². The maximum Gasteiger partial charge on any atom is 0.224 e. The van der Waals surface area contributed by atoms with Crippen LogP contribution in [0.15, 0.2) is 0 Å². The Kier molecular flexibility index (Phi) is 7.16. The van der Waals surface area contributed by atoms with Gasteiger partial charge in [-0.2, -0.15) is 0 Å². The fourth-order valence-corrected chi connectivity index (χ4v) is 1.98. The number of nitrogens with one attached hydrogen (secondary N) is 2. The Balaban J connectivity index is 1.97. The zero-order chi connectivity index (χ0) is 12.5. The minimum absolute atomic E-state index is 0.129. The van der Waals surface area contributed by atoms with Crippen molar-refractivity contribution >= 4 is 5.91 Å². The van der Waals surface area contributed by atoms with Gasteiger partial charge in [0.05, 0.1) is 19.1 Å². The first-order chi connectivity index (χ1) is 8.25. The molecule has 0 aromatic rings. The third kappa shape index (κ3) is 5.48. The van der Waals surface area contributed by atoms with Gasteiger partial charge in [0.25, 0.3) is 0 Å². The van der Waals surface area contributed by atoms with Crippen LogP contribution in [0.1, 0.15) is 19.8 Å². The number of methoxy groups -OCH3 is 1. The number of ether oxygens (including phenoxy) is 2. The minimum Gasteiger partial charge on any atom is -0.382 e. The summed E-state index contributed by atoms with van der Waals surface area (Å²) in [5, 5.41) is 6.23. The van der Waals surface area contributed by atoms with Gasteiger partial charge < -0.3 is 20.1 Å². The number of carbonyl (C=O) groups is 1. The molecule has 0 aromatic heterocycles. The number of rotatable bonds is 8. The van der Waals surface area contributed by atoms with Gasteiger partial charge in [0.2, 0.25) is 5.91 Å². The average Bonchev–Trinajstić information content (AvgIpc) is 2.74. The van der Waals surface area contributed by atoms with E-state index in [-0.39, 0.29) is 11.8 Å². The van der Waals surface area contributed by atoms with Crippen molar-refractivity contribution in [2.45, 2.75) is 25.8 Å². The Morgan fingerprint density at radius 2 is 2.24 bits per heavy atom. The van der Waals surface area contributed by atoms with Crippen molar-refractivity contribution in [2.24, 2.45) is 5.92 Å². The molecule has 1 fully saturated rings. The van der Waals surface area contributed by atoms with Crippen molar-refractivity contribution in [3.05, 3.63) is 0 Å². The zero-order valence-corrected chi connectivity index (χ0v) is 10.8. The largest absolute Gasteiger partial charge is 0.382 e. The summed E-state index contributed by atoms with van der Waals surface area (Å²) in [5.74, 6) is 0.295. The molecule has 0 aromatic carbocycles. The molecule has 1 amide bonds. The van der Waals surface area contributed by atoms with E-state index in [1.54, 1.807) is 7.11 Å². The van der Waals surface area contributed by atoms with E-state index in [4.69, 9.17) is 9.47 Å². The fourth-order valence-electron chi connectivity index (χ4n) is 1.98. The molecule has 0 bridgehead atoms. The van der Waals surface area contributed by atoms with Crippen LogP contribution >= 0.6 is 0 Å². The number of carbonyl (C=O) groups excluding carboxylic acids is 1. The summed E-state index contributed by atoms with van der Waals surface area (Å²) in [7, 11) is 1.65. The molecule has 1 rings (SSSR count). The molecule has 2 unspecified atom stereocenters. The Bertz CT molecular complexity index is 224. The lowest BCUT2D eigenvalue weighted by Gasteiger charge is -2.14. The summed E-state index contributed by atoms with van der Waals surface area (Å²) in [6.45, 7) is 5.60. The molecule has 0 spiro atoms. The van der Waals surface area contributed by atoms with Crippen molar-refractivity contribution in [3.8, 4) is 0 Å².